The second-order valence-electron chi connectivity index (χ2n) is 7.22. The van der Waals surface area contributed by atoms with Crippen molar-refractivity contribution < 1.29 is 0 Å². The summed E-state index contributed by atoms with van der Waals surface area (Å²) in [5, 5.41) is 7.71. The molecule has 20 heavy (non-hydrogen) atoms. The minimum Gasteiger partial charge on any atom is -0.314 e. The molecule has 0 spiro atoms. The van der Waals surface area contributed by atoms with E-state index in [2.05, 4.69) is 24.5 Å². The molecule has 0 bridgehead atoms. The zero-order valence-electron chi connectivity index (χ0n) is 13.8. The third kappa shape index (κ3) is 5.37. The third-order valence-corrected chi connectivity index (χ3v) is 5.46. The van der Waals surface area contributed by atoms with Crippen LogP contribution in [-0.2, 0) is 0 Å². The molecule has 2 heteroatoms. The van der Waals surface area contributed by atoms with Crippen molar-refractivity contribution in [3.8, 4) is 0 Å². The highest BCUT2D eigenvalue weighted by atomic mass is 15.0. The van der Waals surface area contributed by atoms with Gasteiger partial charge in [0, 0.05) is 18.1 Å². The van der Waals surface area contributed by atoms with Crippen LogP contribution in [0.2, 0.25) is 0 Å². The van der Waals surface area contributed by atoms with E-state index in [-0.39, 0.29) is 0 Å². The smallest absolute Gasteiger partial charge is 0.00951 e. The molecule has 0 aromatic heterocycles. The van der Waals surface area contributed by atoms with Crippen molar-refractivity contribution in [3.05, 3.63) is 0 Å². The maximum atomic E-state index is 3.96. The van der Waals surface area contributed by atoms with Gasteiger partial charge in [0.15, 0.2) is 0 Å². The maximum Gasteiger partial charge on any atom is 0.00951 e. The minimum absolute atomic E-state index is 0.664. The van der Waals surface area contributed by atoms with Crippen LogP contribution in [-0.4, -0.2) is 24.7 Å². The van der Waals surface area contributed by atoms with E-state index >= 15 is 0 Å². The molecule has 1 aliphatic heterocycles. The third-order valence-electron chi connectivity index (χ3n) is 5.46. The molecule has 3 atom stereocenters. The Morgan fingerprint density at radius 2 is 1.70 bits per heavy atom. The summed E-state index contributed by atoms with van der Waals surface area (Å²) in [6.07, 6.45) is 15.5. The first-order chi connectivity index (χ1) is 9.79. The van der Waals surface area contributed by atoms with E-state index in [1.54, 1.807) is 0 Å². The van der Waals surface area contributed by atoms with Gasteiger partial charge in [-0.25, -0.2) is 0 Å². The number of nitrogens with one attached hydrogen (secondary N) is 2. The van der Waals surface area contributed by atoms with Gasteiger partial charge in [-0.2, -0.15) is 0 Å². The fraction of sp³-hybridized carbons (Fsp3) is 1.00. The standard InChI is InChI=1S/C18H36N2/c1-3-18(16-10-6-4-7-11-16)20-15(2)14-17-12-8-5-9-13-19-17/h15-20H,3-14H2,1-2H3. The highest BCUT2D eigenvalue weighted by molar-refractivity contribution is 4.83. The van der Waals surface area contributed by atoms with Gasteiger partial charge in [0.25, 0.3) is 0 Å². The van der Waals surface area contributed by atoms with Crippen LogP contribution in [0.1, 0.15) is 84.5 Å². The van der Waals surface area contributed by atoms with Crippen molar-refractivity contribution >= 4 is 0 Å². The number of rotatable bonds is 6. The molecule has 1 saturated carbocycles. The second kappa shape index (κ2) is 9.04. The van der Waals surface area contributed by atoms with Crippen LogP contribution < -0.4 is 10.6 Å². The van der Waals surface area contributed by atoms with Crippen molar-refractivity contribution in [1.29, 1.82) is 0 Å². The van der Waals surface area contributed by atoms with Crippen LogP contribution in [0.4, 0.5) is 0 Å². The van der Waals surface area contributed by atoms with E-state index in [1.165, 1.54) is 77.2 Å². The van der Waals surface area contributed by atoms with Crippen molar-refractivity contribution in [3.63, 3.8) is 0 Å². The van der Waals surface area contributed by atoms with Crippen LogP contribution in [0.3, 0.4) is 0 Å². The molecule has 2 aliphatic rings. The molecule has 0 amide bonds. The van der Waals surface area contributed by atoms with E-state index < -0.39 is 0 Å². The largest absolute Gasteiger partial charge is 0.314 e. The van der Waals surface area contributed by atoms with Gasteiger partial charge in [-0.05, 0) is 57.9 Å². The minimum atomic E-state index is 0.664. The van der Waals surface area contributed by atoms with Gasteiger partial charge in [-0.15, -0.1) is 0 Å². The Kier molecular flexibility index (Phi) is 7.37. The Labute approximate surface area is 126 Å². The van der Waals surface area contributed by atoms with Gasteiger partial charge >= 0.3 is 0 Å². The predicted molar refractivity (Wildman–Crippen MR) is 88.1 cm³/mol. The van der Waals surface area contributed by atoms with Crippen LogP contribution in [0, 0.1) is 5.92 Å². The monoisotopic (exact) mass is 280 g/mol. The van der Waals surface area contributed by atoms with E-state index in [1.807, 2.05) is 0 Å². The summed E-state index contributed by atoms with van der Waals surface area (Å²) in [7, 11) is 0. The van der Waals surface area contributed by atoms with E-state index in [0.29, 0.717) is 6.04 Å². The number of hydrogen-bond acceptors (Lipinski definition) is 2. The summed E-state index contributed by atoms with van der Waals surface area (Å²) < 4.78 is 0. The zero-order valence-corrected chi connectivity index (χ0v) is 13.8. The summed E-state index contributed by atoms with van der Waals surface area (Å²) >= 11 is 0. The molecule has 0 aromatic rings. The Balaban J connectivity index is 1.74. The number of hydrogen-bond donors (Lipinski definition) is 2. The SMILES string of the molecule is CCC(NC(C)CC1CCCCCN1)C1CCCCC1. The highest BCUT2D eigenvalue weighted by Gasteiger charge is 2.24. The Morgan fingerprint density at radius 3 is 2.45 bits per heavy atom. The average Bonchev–Trinajstić information content (AvgIpc) is 2.74. The topological polar surface area (TPSA) is 24.1 Å². The normalized spacial score (nSPS) is 28.8. The molecule has 1 saturated heterocycles. The van der Waals surface area contributed by atoms with Crippen molar-refractivity contribution in [1.82, 2.24) is 10.6 Å². The predicted octanol–water partition coefficient (Wildman–Crippen LogP) is 4.25. The average molecular weight is 280 g/mol. The van der Waals surface area contributed by atoms with Crippen LogP contribution in [0.5, 0.6) is 0 Å². The zero-order chi connectivity index (χ0) is 14.2. The van der Waals surface area contributed by atoms with Gasteiger partial charge in [-0.3, -0.25) is 0 Å². The molecule has 0 radical (unpaired) electrons. The second-order valence-corrected chi connectivity index (χ2v) is 7.22. The lowest BCUT2D eigenvalue weighted by atomic mass is 9.82. The maximum absolute atomic E-state index is 3.96. The fourth-order valence-electron chi connectivity index (χ4n) is 4.29. The van der Waals surface area contributed by atoms with Crippen LogP contribution in [0.25, 0.3) is 0 Å². The molecule has 3 unspecified atom stereocenters. The molecule has 118 valence electrons. The van der Waals surface area contributed by atoms with Gasteiger partial charge in [0.2, 0.25) is 0 Å². The molecule has 1 heterocycles. The summed E-state index contributed by atoms with van der Waals surface area (Å²) in [6, 6.07) is 2.18. The van der Waals surface area contributed by atoms with E-state index in [4.69, 9.17) is 0 Å². The lowest BCUT2D eigenvalue weighted by molar-refractivity contribution is 0.239. The van der Waals surface area contributed by atoms with Crippen LogP contribution in [0.15, 0.2) is 0 Å². The molecule has 2 rings (SSSR count). The lowest BCUT2D eigenvalue weighted by Crippen LogP contribution is -2.44. The highest BCUT2D eigenvalue weighted by Crippen LogP contribution is 2.28. The van der Waals surface area contributed by atoms with E-state index in [0.717, 1.165) is 18.0 Å². The summed E-state index contributed by atoms with van der Waals surface area (Å²) in [5.41, 5.74) is 0. The Hall–Kier alpha value is -0.0800. The quantitative estimate of drug-likeness (QED) is 0.760. The first-order valence-corrected chi connectivity index (χ1v) is 9.29. The van der Waals surface area contributed by atoms with E-state index in [9.17, 15) is 0 Å². The lowest BCUT2D eigenvalue weighted by Gasteiger charge is -2.33. The molecule has 2 N–H and O–H groups in total. The molecule has 0 aromatic carbocycles. The van der Waals surface area contributed by atoms with Crippen molar-refractivity contribution in [2.45, 2.75) is 103 Å². The van der Waals surface area contributed by atoms with Gasteiger partial charge in [-0.1, -0.05) is 39.0 Å². The molecule has 2 fully saturated rings. The summed E-state index contributed by atoms with van der Waals surface area (Å²) in [6.45, 7) is 6.00. The van der Waals surface area contributed by atoms with Gasteiger partial charge in [0.1, 0.15) is 0 Å². The Morgan fingerprint density at radius 1 is 1.00 bits per heavy atom. The molecule has 1 aliphatic carbocycles. The fourth-order valence-corrected chi connectivity index (χ4v) is 4.29. The summed E-state index contributed by atoms with van der Waals surface area (Å²) in [5.74, 6) is 0.943. The molecular weight excluding hydrogens is 244 g/mol. The summed E-state index contributed by atoms with van der Waals surface area (Å²) in [4.78, 5) is 0. The van der Waals surface area contributed by atoms with Gasteiger partial charge in [0.05, 0.1) is 0 Å². The first kappa shape index (κ1) is 16.3. The molecule has 2 nitrogen and oxygen atoms in total. The Bertz CT molecular complexity index is 240. The van der Waals surface area contributed by atoms with Gasteiger partial charge < -0.3 is 10.6 Å². The molecular formula is C18H36N2. The van der Waals surface area contributed by atoms with Crippen LogP contribution >= 0.6 is 0 Å². The van der Waals surface area contributed by atoms with Crippen molar-refractivity contribution in [2.24, 2.45) is 5.92 Å². The van der Waals surface area contributed by atoms with Crippen molar-refractivity contribution in [2.75, 3.05) is 6.54 Å². The first-order valence-electron chi connectivity index (χ1n) is 9.29.